The quantitative estimate of drug-likeness (QED) is 0.422. The first kappa shape index (κ1) is 21.0. The molecule has 0 aliphatic carbocycles. The zero-order valence-electron chi connectivity index (χ0n) is 15.7. The summed E-state index contributed by atoms with van der Waals surface area (Å²) >= 11 is 0. The first-order valence-electron chi connectivity index (χ1n) is 8.98. The summed E-state index contributed by atoms with van der Waals surface area (Å²) in [5.74, 6) is 1.13. The number of nitrogens with zero attached hydrogens (tertiary/aromatic N) is 1. The minimum Gasteiger partial charge on any atom is -0.376 e. The van der Waals surface area contributed by atoms with Crippen molar-refractivity contribution in [1.29, 1.82) is 0 Å². The van der Waals surface area contributed by atoms with Gasteiger partial charge in [-0.1, -0.05) is 44.2 Å². The molecular weight excluding hydrogens is 316 g/mol. The predicted molar refractivity (Wildman–Crippen MR) is 103 cm³/mol. The summed E-state index contributed by atoms with van der Waals surface area (Å²) in [6, 6.07) is 10.2. The van der Waals surface area contributed by atoms with Crippen LogP contribution in [0.5, 0.6) is 0 Å². The Bertz CT molecular complexity index is 505. The van der Waals surface area contributed by atoms with Crippen molar-refractivity contribution in [1.82, 2.24) is 16.0 Å². The Morgan fingerprint density at radius 1 is 1.16 bits per heavy atom. The van der Waals surface area contributed by atoms with Gasteiger partial charge in [0.25, 0.3) is 0 Å². The van der Waals surface area contributed by atoms with E-state index in [0.29, 0.717) is 38.1 Å². The number of benzene rings is 1. The topological polar surface area (TPSA) is 74.8 Å². The molecule has 1 unspecified atom stereocenters. The van der Waals surface area contributed by atoms with Gasteiger partial charge in [-0.25, -0.2) is 0 Å². The highest BCUT2D eigenvalue weighted by molar-refractivity contribution is 5.81. The summed E-state index contributed by atoms with van der Waals surface area (Å²) in [6.07, 6.45) is 1.39. The van der Waals surface area contributed by atoms with E-state index in [1.807, 2.05) is 25.1 Å². The van der Waals surface area contributed by atoms with Gasteiger partial charge in [-0.15, -0.1) is 0 Å². The molecule has 1 rings (SSSR count). The lowest BCUT2D eigenvalue weighted by Crippen LogP contribution is -2.41. The number of carbonyl (C=O) groups is 1. The molecule has 25 heavy (non-hydrogen) atoms. The van der Waals surface area contributed by atoms with Crippen LogP contribution < -0.4 is 16.0 Å². The molecule has 1 aromatic carbocycles. The lowest BCUT2D eigenvalue weighted by molar-refractivity contribution is -0.120. The lowest BCUT2D eigenvalue weighted by atomic mass is 10.2. The molecule has 6 nitrogen and oxygen atoms in total. The number of ether oxygens (including phenoxy) is 1. The molecule has 0 aliphatic rings. The van der Waals surface area contributed by atoms with Crippen molar-refractivity contribution in [2.24, 2.45) is 10.9 Å². The van der Waals surface area contributed by atoms with Gasteiger partial charge in [0.2, 0.25) is 5.91 Å². The zero-order chi connectivity index (χ0) is 18.3. The largest absolute Gasteiger partial charge is 0.376 e. The summed E-state index contributed by atoms with van der Waals surface area (Å²) < 4.78 is 5.74. The van der Waals surface area contributed by atoms with Gasteiger partial charge >= 0.3 is 0 Å². The number of nitrogens with one attached hydrogen (secondary N) is 3. The molecule has 1 atom stereocenters. The van der Waals surface area contributed by atoms with Gasteiger partial charge in [-0.05, 0) is 17.9 Å². The minimum absolute atomic E-state index is 0.0625. The Morgan fingerprint density at radius 3 is 2.60 bits per heavy atom. The molecule has 1 amide bonds. The Kier molecular flexibility index (Phi) is 11.1. The van der Waals surface area contributed by atoms with Gasteiger partial charge in [-0.3, -0.25) is 9.79 Å². The molecule has 0 aliphatic heterocycles. The van der Waals surface area contributed by atoms with Crippen LogP contribution in [-0.4, -0.2) is 45.2 Å². The van der Waals surface area contributed by atoms with Gasteiger partial charge in [0, 0.05) is 33.1 Å². The summed E-state index contributed by atoms with van der Waals surface area (Å²) in [5.41, 5.74) is 1.18. The summed E-state index contributed by atoms with van der Waals surface area (Å²) in [7, 11) is 1.73. The van der Waals surface area contributed by atoms with Crippen molar-refractivity contribution in [3.05, 3.63) is 35.9 Å². The number of rotatable bonds is 11. The molecule has 3 N–H and O–H groups in total. The van der Waals surface area contributed by atoms with Crippen LogP contribution in [0.1, 0.15) is 32.3 Å². The highest BCUT2D eigenvalue weighted by Gasteiger charge is 2.05. The van der Waals surface area contributed by atoms with Crippen LogP contribution in [0, 0.1) is 5.92 Å². The highest BCUT2D eigenvalue weighted by atomic mass is 16.5. The van der Waals surface area contributed by atoms with Crippen LogP contribution in [0.2, 0.25) is 0 Å². The third kappa shape index (κ3) is 10.4. The van der Waals surface area contributed by atoms with Gasteiger partial charge in [0.05, 0.1) is 13.2 Å². The summed E-state index contributed by atoms with van der Waals surface area (Å²) in [6.45, 7) is 7.53. The van der Waals surface area contributed by atoms with Gasteiger partial charge in [0.15, 0.2) is 5.96 Å². The van der Waals surface area contributed by atoms with Gasteiger partial charge < -0.3 is 20.7 Å². The van der Waals surface area contributed by atoms with E-state index in [4.69, 9.17) is 4.74 Å². The van der Waals surface area contributed by atoms with Crippen LogP contribution in [-0.2, 0) is 16.1 Å². The molecule has 140 valence electrons. The number of hydrogen-bond acceptors (Lipinski definition) is 3. The van der Waals surface area contributed by atoms with Crippen LogP contribution in [0.3, 0.4) is 0 Å². The molecule has 0 spiro atoms. The molecule has 0 radical (unpaired) electrons. The smallest absolute Gasteiger partial charge is 0.221 e. The van der Waals surface area contributed by atoms with Crippen LogP contribution in [0.4, 0.5) is 0 Å². The van der Waals surface area contributed by atoms with Crippen LogP contribution in [0.15, 0.2) is 35.3 Å². The molecule has 0 saturated heterocycles. The number of aliphatic imine (C=N–C) groups is 1. The fourth-order valence-corrected chi connectivity index (χ4v) is 2.15. The van der Waals surface area contributed by atoms with Crippen molar-refractivity contribution in [2.75, 3.05) is 33.3 Å². The fraction of sp³-hybridized carbons (Fsp3) is 0.579. The number of carbonyl (C=O) groups excluding carboxylic acids is 1. The SMILES string of the molecule is CCCNC(=O)CCNC(=NC)NCC(C)COCc1ccccc1. The van der Waals surface area contributed by atoms with E-state index in [9.17, 15) is 4.79 Å². The number of amides is 1. The third-order valence-corrected chi connectivity index (χ3v) is 3.57. The van der Waals surface area contributed by atoms with Crippen LogP contribution in [0.25, 0.3) is 0 Å². The third-order valence-electron chi connectivity index (χ3n) is 3.57. The molecular formula is C19H32N4O2. The van der Waals surface area contributed by atoms with E-state index in [-0.39, 0.29) is 5.91 Å². The average molecular weight is 348 g/mol. The lowest BCUT2D eigenvalue weighted by Gasteiger charge is -2.16. The van der Waals surface area contributed by atoms with Crippen molar-refractivity contribution >= 4 is 11.9 Å². The monoisotopic (exact) mass is 348 g/mol. The Balaban J connectivity index is 2.13. The van der Waals surface area contributed by atoms with Gasteiger partial charge in [-0.2, -0.15) is 0 Å². The predicted octanol–water partition coefficient (Wildman–Crippen LogP) is 1.92. The molecule has 0 saturated carbocycles. The molecule has 0 heterocycles. The second-order valence-electron chi connectivity index (χ2n) is 6.09. The average Bonchev–Trinajstić information content (AvgIpc) is 2.63. The maximum Gasteiger partial charge on any atom is 0.221 e. The Hall–Kier alpha value is -2.08. The molecule has 6 heteroatoms. The van der Waals surface area contributed by atoms with Crippen molar-refractivity contribution in [3.63, 3.8) is 0 Å². The van der Waals surface area contributed by atoms with E-state index < -0.39 is 0 Å². The zero-order valence-corrected chi connectivity index (χ0v) is 15.7. The van der Waals surface area contributed by atoms with E-state index in [2.05, 4.69) is 40.0 Å². The first-order chi connectivity index (χ1) is 12.2. The molecule has 0 bridgehead atoms. The van der Waals surface area contributed by atoms with Gasteiger partial charge in [0.1, 0.15) is 0 Å². The fourth-order valence-electron chi connectivity index (χ4n) is 2.15. The maximum atomic E-state index is 11.5. The summed E-state index contributed by atoms with van der Waals surface area (Å²) in [4.78, 5) is 15.7. The second-order valence-corrected chi connectivity index (χ2v) is 6.09. The molecule has 0 fully saturated rings. The molecule has 1 aromatic rings. The number of guanidine groups is 1. The van der Waals surface area contributed by atoms with Crippen molar-refractivity contribution < 1.29 is 9.53 Å². The first-order valence-corrected chi connectivity index (χ1v) is 8.98. The van der Waals surface area contributed by atoms with E-state index in [1.165, 1.54) is 5.56 Å². The molecule has 0 aromatic heterocycles. The van der Waals surface area contributed by atoms with Crippen molar-refractivity contribution in [3.8, 4) is 0 Å². The van der Waals surface area contributed by atoms with E-state index in [1.54, 1.807) is 7.05 Å². The van der Waals surface area contributed by atoms with E-state index >= 15 is 0 Å². The maximum absolute atomic E-state index is 11.5. The van der Waals surface area contributed by atoms with Crippen LogP contribution >= 0.6 is 0 Å². The Labute approximate surface area is 151 Å². The summed E-state index contributed by atoms with van der Waals surface area (Å²) in [5, 5.41) is 9.27. The standard InChI is InChI=1S/C19H32N4O2/c1-4-11-21-18(24)10-12-22-19(20-3)23-13-16(2)14-25-15-17-8-6-5-7-9-17/h5-9,16H,4,10-15H2,1-3H3,(H,21,24)(H2,20,22,23). The van der Waals surface area contributed by atoms with E-state index in [0.717, 1.165) is 19.5 Å². The second kappa shape index (κ2) is 13.2. The van der Waals surface area contributed by atoms with Crippen molar-refractivity contribution in [2.45, 2.75) is 33.3 Å². The number of hydrogen-bond donors (Lipinski definition) is 3. The highest BCUT2D eigenvalue weighted by Crippen LogP contribution is 2.02. The minimum atomic E-state index is 0.0625. The normalized spacial score (nSPS) is 12.5. The Morgan fingerprint density at radius 2 is 1.92 bits per heavy atom.